The Morgan fingerprint density at radius 2 is 1.93 bits per heavy atom. The van der Waals surface area contributed by atoms with Gasteiger partial charge in [-0.2, -0.15) is 0 Å². The lowest BCUT2D eigenvalue weighted by molar-refractivity contribution is 0.256. The van der Waals surface area contributed by atoms with Crippen molar-refractivity contribution < 1.29 is 4.79 Å². The quantitative estimate of drug-likeness (QED) is 0.521. The number of carbonyl (C=O) groups is 1. The lowest BCUT2D eigenvalue weighted by atomic mass is 10.3. The van der Waals surface area contributed by atoms with E-state index in [0.29, 0.717) is 10.2 Å². The number of anilines is 1. The number of primary amides is 1. The molecule has 5 nitrogen and oxygen atoms in total. The van der Waals surface area contributed by atoms with Crippen LogP contribution in [-0.2, 0) is 0 Å². The third-order valence-electron chi connectivity index (χ3n) is 1.55. The maximum absolute atomic E-state index is 11.0. The minimum Gasteiger partial charge on any atom is -0.369 e. The summed E-state index contributed by atoms with van der Waals surface area (Å²) >= 11 is 3.23. The third-order valence-corrected chi connectivity index (χ3v) is 2.23. The van der Waals surface area contributed by atoms with Gasteiger partial charge in [0.25, 0.3) is 0 Å². The largest absolute Gasteiger partial charge is 0.369 e. The van der Waals surface area contributed by atoms with Crippen LogP contribution in [0, 0.1) is 5.41 Å². The first-order valence-corrected chi connectivity index (χ1v) is 4.51. The summed E-state index contributed by atoms with van der Waals surface area (Å²) in [5, 5.41) is 7.20. The minimum absolute atomic E-state index is 0.413. The number of nitrogens with two attached hydrogens (primary N) is 2. The van der Waals surface area contributed by atoms with Crippen LogP contribution in [-0.4, -0.2) is 12.0 Å². The maximum atomic E-state index is 11.0. The van der Waals surface area contributed by atoms with Gasteiger partial charge in [0.15, 0.2) is 0 Å². The zero-order chi connectivity index (χ0) is 10.7. The number of amides is 2. The van der Waals surface area contributed by atoms with Crippen molar-refractivity contribution in [1.82, 2.24) is 0 Å². The minimum atomic E-state index is -0.788. The molecule has 0 saturated carbocycles. The van der Waals surface area contributed by atoms with E-state index in [9.17, 15) is 4.79 Å². The van der Waals surface area contributed by atoms with Gasteiger partial charge in [-0.3, -0.25) is 5.41 Å². The van der Waals surface area contributed by atoms with E-state index >= 15 is 0 Å². The summed E-state index contributed by atoms with van der Waals surface area (Å²) in [7, 11) is 0. The van der Waals surface area contributed by atoms with Gasteiger partial charge in [0, 0.05) is 4.47 Å². The second-order valence-corrected chi connectivity index (χ2v) is 3.36. The van der Waals surface area contributed by atoms with E-state index in [0.717, 1.165) is 4.90 Å². The molecule has 0 aromatic heterocycles. The Morgan fingerprint density at radius 3 is 2.36 bits per heavy atom. The van der Waals surface area contributed by atoms with Gasteiger partial charge in [0.05, 0.1) is 5.69 Å². The van der Waals surface area contributed by atoms with Gasteiger partial charge in [-0.25, -0.2) is 9.69 Å². The predicted octanol–water partition coefficient (Wildman–Crippen LogP) is 1.23. The van der Waals surface area contributed by atoms with Crippen molar-refractivity contribution in [3.63, 3.8) is 0 Å². The molecule has 0 spiro atoms. The molecule has 1 aromatic rings. The van der Waals surface area contributed by atoms with Crippen molar-refractivity contribution in [2.45, 2.75) is 0 Å². The molecule has 0 heterocycles. The molecule has 0 fully saturated rings. The van der Waals surface area contributed by atoms with Crippen molar-refractivity contribution in [2.24, 2.45) is 11.5 Å². The molecule has 6 heteroatoms. The van der Waals surface area contributed by atoms with Crippen molar-refractivity contribution in [3.8, 4) is 0 Å². The first-order chi connectivity index (χ1) is 6.54. The molecule has 1 aromatic carbocycles. The predicted molar refractivity (Wildman–Crippen MR) is 58.1 cm³/mol. The molecule has 0 atom stereocenters. The number of para-hydroxylation sites is 1. The summed E-state index contributed by atoms with van der Waals surface area (Å²) in [6.45, 7) is 0. The van der Waals surface area contributed by atoms with E-state index in [1.54, 1.807) is 24.3 Å². The number of carbonyl (C=O) groups excluding carboxylic acids is 1. The number of benzene rings is 1. The van der Waals surface area contributed by atoms with Crippen LogP contribution in [0.25, 0.3) is 0 Å². The first kappa shape index (κ1) is 10.5. The lowest BCUT2D eigenvalue weighted by Gasteiger charge is -2.19. The van der Waals surface area contributed by atoms with Crippen LogP contribution >= 0.6 is 15.9 Å². The smallest absolute Gasteiger partial charge is 0.326 e. The fourth-order valence-electron chi connectivity index (χ4n) is 1.00. The number of halogens is 1. The summed E-state index contributed by atoms with van der Waals surface area (Å²) in [4.78, 5) is 11.9. The molecule has 0 aliphatic carbocycles. The molecular weight excluding hydrogens is 248 g/mol. The van der Waals surface area contributed by atoms with Gasteiger partial charge < -0.3 is 11.5 Å². The van der Waals surface area contributed by atoms with Gasteiger partial charge in [0.1, 0.15) is 0 Å². The fourth-order valence-corrected chi connectivity index (χ4v) is 1.46. The molecule has 0 bridgehead atoms. The highest BCUT2D eigenvalue weighted by molar-refractivity contribution is 9.10. The summed E-state index contributed by atoms with van der Waals surface area (Å²) in [5.74, 6) is -0.413. The monoisotopic (exact) mass is 256 g/mol. The zero-order valence-corrected chi connectivity index (χ0v) is 8.78. The topological polar surface area (TPSA) is 96.2 Å². The van der Waals surface area contributed by atoms with E-state index in [2.05, 4.69) is 15.9 Å². The molecule has 0 unspecified atom stereocenters. The average Bonchev–Trinajstić information content (AvgIpc) is 2.07. The standard InChI is InChI=1S/C8H9BrN4O/c9-5-3-1-2-4-6(5)13(7(10)11)8(12)14/h1-4H,(H3,10,11)(H2,12,14). The number of rotatable bonds is 1. The van der Waals surface area contributed by atoms with Crippen LogP contribution in [0.1, 0.15) is 0 Å². The van der Waals surface area contributed by atoms with Gasteiger partial charge in [0.2, 0.25) is 5.96 Å². The van der Waals surface area contributed by atoms with Crippen LogP contribution in [0.3, 0.4) is 0 Å². The van der Waals surface area contributed by atoms with Crippen molar-refractivity contribution in [1.29, 1.82) is 5.41 Å². The van der Waals surface area contributed by atoms with Crippen LogP contribution in [0.15, 0.2) is 28.7 Å². The fraction of sp³-hybridized carbons (Fsp3) is 0. The van der Waals surface area contributed by atoms with Crippen LogP contribution in [0.2, 0.25) is 0 Å². The van der Waals surface area contributed by atoms with E-state index in [1.807, 2.05) is 0 Å². The highest BCUT2D eigenvalue weighted by Gasteiger charge is 2.17. The van der Waals surface area contributed by atoms with E-state index in [-0.39, 0.29) is 0 Å². The Balaban J connectivity index is 3.18. The Labute approximate surface area is 89.3 Å². The number of urea groups is 1. The van der Waals surface area contributed by atoms with Crippen LogP contribution < -0.4 is 16.4 Å². The summed E-state index contributed by atoms with van der Waals surface area (Å²) in [6, 6.07) is 6.08. The average molecular weight is 257 g/mol. The number of hydrogen-bond acceptors (Lipinski definition) is 2. The molecule has 2 amide bonds. The van der Waals surface area contributed by atoms with Crippen molar-refractivity contribution in [2.75, 3.05) is 4.90 Å². The second kappa shape index (κ2) is 4.10. The van der Waals surface area contributed by atoms with Gasteiger partial charge in [-0.15, -0.1) is 0 Å². The summed E-state index contributed by atoms with van der Waals surface area (Å²) < 4.78 is 0.647. The van der Waals surface area contributed by atoms with Crippen molar-refractivity contribution in [3.05, 3.63) is 28.7 Å². The van der Waals surface area contributed by atoms with Gasteiger partial charge in [-0.05, 0) is 28.1 Å². The highest BCUT2D eigenvalue weighted by Crippen LogP contribution is 2.25. The third kappa shape index (κ3) is 2.02. The molecule has 0 saturated heterocycles. The van der Waals surface area contributed by atoms with E-state index in [1.165, 1.54) is 0 Å². The van der Waals surface area contributed by atoms with Gasteiger partial charge >= 0.3 is 6.03 Å². The number of nitrogens with zero attached hydrogens (tertiary/aromatic N) is 1. The Morgan fingerprint density at radius 1 is 1.36 bits per heavy atom. The zero-order valence-electron chi connectivity index (χ0n) is 7.20. The first-order valence-electron chi connectivity index (χ1n) is 3.72. The molecule has 0 aliphatic heterocycles. The van der Waals surface area contributed by atoms with Crippen LogP contribution in [0.4, 0.5) is 10.5 Å². The number of guanidine groups is 1. The number of nitrogens with one attached hydrogen (secondary N) is 1. The second-order valence-electron chi connectivity index (χ2n) is 2.51. The Hall–Kier alpha value is -1.56. The maximum Gasteiger partial charge on any atom is 0.326 e. The summed E-state index contributed by atoms with van der Waals surface area (Å²) in [6.07, 6.45) is 0. The summed E-state index contributed by atoms with van der Waals surface area (Å²) in [5.41, 5.74) is 10.8. The molecule has 14 heavy (non-hydrogen) atoms. The molecular formula is C8H9BrN4O. The Kier molecular flexibility index (Phi) is 3.08. The van der Waals surface area contributed by atoms with E-state index in [4.69, 9.17) is 16.9 Å². The molecule has 0 aliphatic rings. The molecule has 1 rings (SSSR count). The molecule has 5 N–H and O–H groups in total. The molecule has 74 valence electrons. The Bertz CT molecular complexity index is 365. The van der Waals surface area contributed by atoms with Gasteiger partial charge in [-0.1, -0.05) is 12.1 Å². The lowest BCUT2D eigenvalue weighted by Crippen LogP contribution is -2.44. The molecule has 0 radical (unpaired) electrons. The normalized spacial score (nSPS) is 9.50. The van der Waals surface area contributed by atoms with Crippen molar-refractivity contribution >= 4 is 33.6 Å². The highest BCUT2D eigenvalue weighted by atomic mass is 79.9. The number of hydrogen-bond donors (Lipinski definition) is 3. The SMILES string of the molecule is N=C(N)N(C(N)=O)c1ccccc1Br. The van der Waals surface area contributed by atoms with E-state index < -0.39 is 12.0 Å². The van der Waals surface area contributed by atoms with Crippen LogP contribution in [0.5, 0.6) is 0 Å².